The van der Waals surface area contributed by atoms with Gasteiger partial charge >= 0.3 is 0 Å². The maximum atomic E-state index is 6.33. The van der Waals surface area contributed by atoms with Crippen LogP contribution in [0.3, 0.4) is 0 Å². The number of fused-ring (bicyclic) bond motifs is 3. The van der Waals surface area contributed by atoms with E-state index in [2.05, 4.69) is 30.3 Å². The minimum absolute atomic E-state index is 0.00626. The first-order valence-electron chi connectivity index (χ1n) is 7.50. The van der Waals surface area contributed by atoms with Crippen LogP contribution in [0.4, 0.5) is 0 Å². The van der Waals surface area contributed by atoms with Crippen LogP contribution in [0, 0.1) is 5.92 Å². The lowest BCUT2D eigenvalue weighted by Gasteiger charge is -2.28. The van der Waals surface area contributed by atoms with Crippen molar-refractivity contribution in [3.8, 4) is 0 Å². The lowest BCUT2D eigenvalue weighted by Crippen LogP contribution is -2.25. The van der Waals surface area contributed by atoms with Crippen LogP contribution < -0.4 is 0 Å². The van der Waals surface area contributed by atoms with E-state index in [0.717, 1.165) is 13.0 Å². The zero-order valence-electron chi connectivity index (χ0n) is 11.2. The van der Waals surface area contributed by atoms with Crippen molar-refractivity contribution < 1.29 is 9.47 Å². The molecule has 0 N–H and O–H groups in total. The molecule has 2 nitrogen and oxygen atoms in total. The second-order valence-electron chi connectivity index (χ2n) is 5.78. The molecule has 2 heteroatoms. The molecule has 0 spiro atoms. The minimum Gasteiger partial charge on any atom is -0.353 e. The first-order chi connectivity index (χ1) is 9.43. The predicted octanol–water partition coefficient (Wildman–Crippen LogP) is 4.08. The van der Waals surface area contributed by atoms with Crippen molar-refractivity contribution in [3.05, 3.63) is 41.5 Å². The largest absolute Gasteiger partial charge is 0.353 e. The summed E-state index contributed by atoms with van der Waals surface area (Å²) in [5.41, 5.74) is 4.29. The van der Waals surface area contributed by atoms with Gasteiger partial charge in [-0.3, -0.25) is 0 Å². The van der Waals surface area contributed by atoms with Gasteiger partial charge in [0.15, 0.2) is 6.29 Å². The summed E-state index contributed by atoms with van der Waals surface area (Å²) >= 11 is 0. The molecule has 1 heterocycles. The van der Waals surface area contributed by atoms with Crippen LogP contribution in [0.1, 0.15) is 49.3 Å². The monoisotopic (exact) mass is 256 g/mol. The second kappa shape index (κ2) is 4.77. The van der Waals surface area contributed by atoms with Gasteiger partial charge < -0.3 is 9.47 Å². The van der Waals surface area contributed by atoms with Gasteiger partial charge in [0.25, 0.3) is 0 Å². The van der Waals surface area contributed by atoms with E-state index in [-0.39, 0.29) is 12.4 Å². The topological polar surface area (TPSA) is 18.5 Å². The Kier molecular flexibility index (Phi) is 2.93. The first-order valence-corrected chi connectivity index (χ1v) is 7.50. The molecule has 3 atom stereocenters. The average Bonchev–Trinajstić information content (AvgIpc) is 3.04. The number of ether oxygens (including phenoxy) is 2. The highest BCUT2D eigenvalue weighted by Gasteiger charge is 2.40. The van der Waals surface area contributed by atoms with Gasteiger partial charge in [-0.1, -0.05) is 30.3 Å². The Morgan fingerprint density at radius 2 is 2.05 bits per heavy atom. The fraction of sp³-hybridized carbons (Fsp3) is 0.529. The molecule has 1 unspecified atom stereocenters. The van der Waals surface area contributed by atoms with Crippen LogP contribution in [0.25, 0.3) is 5.57 Å². The van der Waals surface area contributed by atoms with Gasteiger partial charge in [0, 0.05) is 12.5 Å². The maximum Gasteiger partial charge on any atom is 0.158 e. The quantitative estimate of drug-likeness (QED) is 0.794. The molecule has 0 amide bonds. The zero-order chi connectivity index (χ0) is 12.7. The summed E-state index contributed by atoms with van der Waals surface area (Å²) in [6.45, 7) is 0.854. The third kappa shape index (κ3) is 1.94. The summed E-state index contributed by atoms with van der Waals surface area (Å²) in [5, 5.41) is 0. The molecule has 4 rings (SSSR count). The lowest BCUT2D eigenvalue weighted by molar-refractivity contribution is -0.195. The predicted molar refractivity (Wildman–Crippen MR) is 74.6 cm³/mol. The van der Waals surface area contributed by atoms with Crippen molar-refractivity contribution in [2.24, 2.45) is 5.92 Å². The van der Waals surface area contributed by atoms with Gasteiger partial charge in [-0.2, -0.15) is 0 Å². The molecule has 2 aliphatic carbocycles. The molecule has 0 radical (unpaired) electrons. The van der Waals surface area contributed by atoms with E-state index in [0.29, 0.717) is 5.92 Å². The fourth-order valence-corrected chi connectivity index (χ4v) is 3.72. The van der Waals surface area contributed by atoms with Crippen molar-refractivity contribution >= 4 is 5.57 Å². The summed E-state index contributed by atoms with van der Waals surface area (Å²) in [6.07, 6.45) is 8.49. The summed E-state index contributed by atoms with van der Waals surface area (Å²) in [5.74, 6) is 0.558. The number of benzene rings is 1. The Balaban J connectivity index is 1.62. The number of allylic oxidation sites excluding steroid dienone is 1. The smallest absolute Gasteiger partial charge is 0.158 e. The SMILES string of the molecule is C1=C2c3ccccc3[C@H](OC3CCCCO3)[C@H]2CC1. The van der Waals surface area contributed by atoms with Gasteiger partial charge in [-0.05, 0) is 48.8 Å². The maximum absolute atomic E-state index is 6.33. The lowest BCUT2D eigenvalue weighted by atomic mass is 10.0. The van der Waals surface area contributed by atoms with Crippen molar-refractivity contribution in [2.75, 3.05) is 6.61 Å². The molecular formula is C17H20O2. The fourth-order valence-electron chi connectivity index (χ4n) is 3.72. The van der Waals surface area contributed by atoms with Crippen molar-refractivity contribution in [1.29, 1.82) is 0 Å². The summed E-state index contributed by atoms with van der Waals surface area (Å²) in [6, 6.07) is 8.72. The second-order valence-corrected chi connectivity index (χ2v) is 5.78. The van der Waals surface area contributed by atoms with Crippen LogP contribution in [-0.2, 0) is 9.47 Å². The van der Waals surface area contributed by atoms with E-state index in [1.165, 1.54) is 42.4 Å². The van der Waals surface area contributed by atoms with Gasteiger partial charge in [-0.15, -0.1) is 0 Å². The molecule has 1 saturated heterocycles. The number of hydrogen-bond acceptors (Lipinski definition) is 2. The Bertz CT molecular complexity index is 500. The Hall–Kier alpha value is -1.12. The summed E-state index contributed by atoms with van der Waals surface area (Å²) < 4.78 is 12.1. The van der Waals surface area contributed by atoms with Gasteiger partial charge in [0.05, 0.1) is 6.10 Å². The Morgan fingerprint density at radius 3 is 2.95 bits per heavy atom. The molecule has 100 valence electrons. The summed E-state index contributed by atoms with van der Waals surface area (Å²) in [4.78, 5) is 0. The molecule has 1 aliphatic heterocycles. The van der Waals surface area contributed by atoms with Crippen molar-refractivity contribution in [3.63, 3.8) is 0 Å². The van der Waals surface area contributed by atoms with Gasteiger partial charge in [0.1, 0.15) is 0 Å². The van der Waals surface area contributed by atoms with Crippen LogP contribution in [0.15, 0.2) is 30.3 Å². The third-order valence-electron chi connectivity index (χ3n) is 4.62. The van der Waals surface area contributed by atoms with Crippen molar-refractivity contribution in [2.45, 2.75) is 44.5 Å². The standard InChI is InChI=1S/C17H20O2/c1-2-7-14-12(6-1)13-8-5-9-15(13)17(14)19-16-10-3-4-11-18-16/h1-2,6-8,15-17H,3-5,9-11H2/t15-,16?,17-/m0/s1. The highest BCUT2D eigenvalue weighted by Crippen LogP contribution is 2.52. The molecular weight excluding hydrogens is 236 g/mol. The summed E-state index contributed by atoms with van der Waals surface area (Å²) in [7, 11) is 0. The third-order valence-corrected chi connectivity index (χ3v) is 4.62. The number of hydrogen-bond donors (Lipinski definition) is 0. The minimum atomic E-state index is 0.00626. The van der Waals surface area contributed by atoms with Gasteiger partial charge in [0.2, 0.25) is 0 Å². The molecule has 1 aromatic carbocycles. The zero-order valence-corrected chi connectivity index (χ0v) is 11.2. The van der Waals surface area contributed by atoms with Crippen LogP contribution in [0.2, 0.25) is 0 Å². The van der Waals surface area contributed by atoms with Crippen LogP contribution in [-0.4, -0.2) is 12.9 Å². The van der Waals surface area contributed by atoms with E-state index in [1.54, 1.807) is 0 Å². The van der Waals surface area contributed by atoms with Gasteiger partial charge in [-0.25, -0.2) is 0 Å². The van der Waals surface area contributed by atoms with E-state index in [9.17, 15) is 0 Å². The van der Waals surface area contributed by atoms with E-state index in [1.807, 2.05) is 0 Å². The molecule has 0 saturated carbocycles. The van der Waals surface area contributed by atoms with E-state index >= 15 is 0 Å². The highest BCUT2D eigenvalue weighted by atomic mass is 16.7. The molecule has 1 fully saturated rings. The molecule has 0 aromatic heterocycles. The highest BCUT2D eigenvalue weighted by molar-refractivity contribution is 5.77. The van der Waals surface area contributed by atoms with Crippen LogP contribution in [0.5, 0.6) is 0 Å². The first kappa shape index (κ1) is 11.7. The van der Waals surface area contributed by atoms with Crippen LogP contribution >= 0.6 is 0 Å². The molecule has 0 bridgehead atoms. The number of rotatable bonds is 2. The van der Waals surface area contributed by atoms with E-state index < -0.39 is 0 Å². The average molecular weight is 256 g/mol. The molecule has 1 aromatic rings. The van der Waals surface area contributed by atoms with Crippen molar-refractivity contribution in [1.82, 2.24) is 0 Å². The normalized spacial score (nSPS) is 32.8. The Morgan fingerprint density at radius 1 is 1.11 bits per heavy atom. The van der Waals surface area contributed by atoms with E-state index in [4.69, 9.17) is 9.47 Å². The molecule has 19 heavy (non-hydrogen) atoms. The Labute approximate surface area is 114 Å². The molecule has 3 aliphatic rings.